The summed E-state index contributed by atoms with van der Waals surface area (Å²) in [4.78, 5) is 14.7. The zero-order chi connectivity index (χ0) is 13.6. The van der Waals surface area contributed by atoms with Crippen molar-refractivity contribution in [1.82, 2.24) is 4.90 Å². The lowest BCUT2D eigenvalue weighted by atomic mass is 10.0. The number of fused-ring (bicyclic) bond motifs is 2. The molecule has 2 saturated heterocycles. The molecule has 2 heterocycles. The van der Waals surface area contributed by atoms with Crippen molar-refractivity contribution in [3.8, 4) is 0 Å². The highest BCUT2D eigenvalue weighted by atomic mass is 35.5. The van der Waals surface area contributed by atoms with E-state index >= 15 is 0 Å². The molecule has 102 valence electrons. The molecule has 19 heavy (non-hydrogen) atoms. The minimum absolute atomic E-state index is 0.135. The molecule has 0 spiro atoms. The maximum atomic E-state index is 12.7. The quantitative estimate of drug-likeness (QED) is 0.717. The summed E-state index contributed by atoms with van der Waals surface area (Å²) in [7, 11) is 0. The van der Waals surface area contributed by atoms with Gasteiger partial charge in [0.05, 0.1) is 0 Å². The number of carbonyl (C=O) groups excluding carboxylic acids is 1. The summed E-state index contributed by atoms with van der Waals surface area (Å²) in [6, 6.07) is 6.16. The summed E-state index contributed by atoms with van der Waals surface area (Å²) in [5.41, 5.74) is 1.69. The molecule has 1 amide bonds. The first-order valence-electron chi connectivity index (χ1n) is 6.79. The number of benzene rings is 1. The van der Waals surface area contributed by atoms with Crippen LogP contribution in [0, 0.1) is 6.92 Å². The highest BCUT2D eigenvalue weighted by Gasteiger charge is 2.42. The maximum absolute atomic E-state index is 12.7. The number of nitrogens with zero attached hydrogens (tertiary/aromatic N) is 1. The van der Waals surface area contributed by atoms with E-state index in [2.05, 4.69) is 4.90 Å². The summed E-state index contributed by atoms with van der Waals surface area (Å²) in [6.45, 7) is 1.93. The Labute approximate surface area is 123 Å². The fourth-order valence-corrected chi connectivity index (χ4v) is 3.90. The zero-order valence-electron chi connectivity index (χ0n) is 10.9. The molecule has 2 aliphatic rings. The molecular weight excluding hydrogens is 281 g/mol. The Bertz CT molecular complexity index is 503. The summed E-state index contributed by atoms with van der Waals surface area (Å²) >= 11 is 12.3. The fraction of sp³-hybridized carbons (Fsp3) is 0.533. The Balaban J connectivity index is 1.86. The summed E-state index contributed by atoms with van der Waals surface area (Å²) in [6.07, 6.45) is 4.03. The van der Waals surface area contributed by atoms with Crippen LogP contribution < -0.4 is 0 Å². The van der Waals surface area contributed by atoms with Gasteiger partial charge in [-0.2, -0.15) is 0 Å². The highest BCUT2D eigenvalue weighted by molar-refractivity contribution is 6.31. The number of halogens is 2. The van der Waals surface area contributed by atoms with Crippen LogP contribution >= 0.6 is 23.2 Å². The van der Waals surface area contributed by atoms with E-state index in [-0.39, 0.29) is 11.3 Å². The molecule has 2 unspecified atom stereocenters. The van der Waals surface area contributed by atoms with Gasteiger partial charge in [0.15, 0.2) is 0 Å². The van der Waals surface area contributed by atoms with Gasteiger partial charge in [0, 0.05) is 28.0 Å². The molecule has 3 rings (SSSR count). The zero-order valence-corrected chi connectivity index (χ0v) is 12.4. The first-order chi connectivity index (χ1) is 9.06. The number of hydrogen-bond donors (Lipinski definition) is 0. The maximum Gasteiger partial charge on any atom is 0.254 e. The van der Waals surface area contributed by atoms with E-state index in [1.165, 1.54) is 0 Å². The Hall–Kier alpha value is -0.730. The SMILES string of the molecule is Cc1cc(C(=O)N2C3CCC2CC(Cl)C3)ccc1Cl. The molecule has 2 nitrogen and oxygen atoms in total. The molecule has 0 N–H and O–H groups in total. The van der Waals surface area contributed by atoms with Crippen LogP contribution in [0.25, 0.3) is 0 Å². The van der Waals surface area contributed by atoms with Crippen molar-refractivity contribution in [1.29, 1.82) is 0 Å². The minimum Gasteiger partial charge on any atom is -0.333 e. The minimum atomic E-state index is 0.135. The number of rotatable bonds is 1. The predicted molar refractivity (Wildman–Crippen MR) is 78.0 cm³/mol. The second-order valence-electron chi connectivity index (χ2n) is 5.63. The van der Waals surface area contributed by atoms with Crippen LogP contribution in [0.4, 0.5) is 0 Å². The van der Waals surface area contributed by atoms with Gasteiger partial charge in [0.2, 0.25) is 0 Å². The Kier molecular flexibility index (Phi) is 3.48. The molecule has 2 atom stereocenters. The van der Waals surface area contributed by atoms with Crippen LogP contribution in [-0.2, 0) is 0 Å². The van der Waals surface area contributed by atoms with Crippen LogP contribution in [0.3, 0.4) is 0 Å². The van der Waals surface area contributed by atoms with Gasteiger partial charge >= 0.3 is 0 Å². The third kappa shape index (κ3) is 2.36. The molecule has 0 aromatic heterocycles. The number of carbonyl (C=O) groups is 1. The molecule has 4 heteroatoms. The molecule has 0 aliphatic carbocycles. The van der Waals surface area contributed by atoms with Crippen LogP contribution in [0.1, 0.15) is 41.6 Å². The molecular formula is C15H17Cl2NO. The molecule has 0 radical (unpaired) electrons. The molecule has 1 aromatic carbocycles. The van der Waals surface area contributed by atoms with Gasteiger partial charge in [-0.1, -0.05) is 11.6 Å². The lowest BCUT2D eigenvalue weighted by Gasteiger charge is -2.37. The van der Waals surface area contributed by atoms with Crippen molar-refractivity contribution >= 4 is 29.1 Å². The van der Waals surface area contributed by atoms with Crippen molar-refractivity contribution in [2.24, 2.45) is 0 Å². The first kappa shape index (κ1) is 13.3. The molecule has 2 fully saturated rings. The van der Waals surface area contributed by atoms with E-state index in [1.54, 1.807) is 6.07 Å². The van der Waals surface area contributed by atoms with Gasteiger partial charge in [-0.15, -0.1) is 11.6 Å². The van der Waals surface area contributed by atoms with Crippen LogP contribution in [0.2, 0.25) is 5.02 Å². The lowest BCUT2D eigenvalue weighted by molar-refractivity contribution is 0.0599. The predicted octanol–water partition coefficient (Wildman–Crippen LogP) is 4.02. The molecule has 0 saturated carbocycles. The summed E-state index contributed by atoms with van der Waals surface area (Å²) < 4.78 is 0. The van der Waals surface area contributed by atoms with Crippen LogP contribution in [-0.4, -0.2) is 28.3 Å². The number of alkyl halides is 1. The second kappa shape index (κ2) is 4.99. The van der Waals surface area contributed by atoms with Gasteiger partial charge in [0.25, 0.3) is 5.91 Å². The third-order valence-corrected chi connectivity index (χ3v) is 5.10. The topological polar surface area (TPSA) is 20.3 Å². The van der Waals surface area contributed by atoms with E-state index < -0.39 is 0 Å². The van der Waals surface area contributed by atoms with Crippen molar-refractivity contribution in [3.63, 3.8) is 0 Å². The first-order valence-corrected chi connectivity index (χ1v) is 7.60. The van der Waals surface area contributed by atoms with Gasteiger partial charge in [-0.25, -0.2) is 0 Å². The largest absolute Gasteiger partial charge is 0.333 e. The monoisotopic (exact) mass is 297 g/mol. The van der Waals surface area contributed by atoms with E-state index in [0.29, 0.717) is 17.1 Å². The Morgan fingerprint density at radius 1 is 1.26 bits per heavy atom. The van der Waals surface area contributed by atoms with Crippen molar-refractivity contribution in [2.75, 3.05) is 0 Å². The van der Waals surface area contributed by atoms with Gasteiger partial charge < -0.3 is 4.90 Å². The van der Waals surface area contributed by atoms with Crippen molar-refractivity contribution in [2.45, 2.75) is 50.1 Å². The average molecular weight is 298 g/mol. The van der Waals surface area contributed by atoms with E-state index in [9.17, 15) is 4.79 Å². The van der Waals surface area contributed by atoms with Gasteiger partial charge in [0.1, 0.15) is 0 Å². The van der Waals surface area contributed by atoms with Gasteiger partial charge in [-0.05, 0) is 56.4 Å². The standard InChI is InChI=1S/C15H17Cl2NO/c1-9-6-10(2-5-14(9)17)15(19)18-12-3-4-13(18)8-11(16)7-12/h2,5-6,11-13H,3-4,7-8H2,1H3. The highest BCUT2D eigenvalue weighted by Crippen LogP contribution is 2.38. The van der Waals surface area contributed by atoms with E-state index in [0.717, 1.165) is 36.8 Å². The van der Waals surface area contributed by atoms with Crippen LogP contribution in [0.15, 0.2) is 18.2 Å². The van der Waals surface area contributed by atoms with Crippen LogP contribution in [0.5, 0.6) is 0 Å². The smallest absolute Gasteiger partial charge is 0.254 e. The van der Waals surface area contributed by atoms with Crippen molar-refractivity contribution in [3.05, 3.63) is 34.3 Å². The summed E-state index contributed by atoms with van der Waals surface area (Å²) in [5.74, 6) is 0.135. The average Bonchev–Trinajstić information content (AvgIpc) is 2.64. The molecule has 1 aromatic rings. The number of amides is 1. The van der Waals surface area contributed by atoms with Gasteiger partial charge in [-0.3, -0.25) is 4.79 Å². The van der Waals surface area contributed by atoms with Crippen molar-refractivity contribution < 1.29 is 4.79 Å². The number of hydrogen-bond acceptors (Lipinski definition) is 1. The fourth-order valence-electron chi connectivity index (χ4n) is 3.37. The number of aryl methyl sites for hydroxylation is 1. The normalized spacial score (nSPS) is 29.6. The third-order valence-electron chi connectivity index (χ3n) is 4.31. The Morgan fingerprint density at radius 3 is 2.47 bits per heavy atom. The lowest BCUT2D eigenvalue weighted by Crippen LogP contribution is -2.46. The molecule has 2 bridgehead atoms. The van der Waals surface area contributed by atoms with E-state index in [1.807, 2.05) is 19.1 Å². The summed E-state index contributed by atoms with van der Waals surface area (Å²) in [5, 5.41) is 0.937. The van der Waals surface area contributed by atoms with E-state index in [4.69, 9.17) is 23.2 Å². The Morgan fingerprint density at radius 2 is 1.89 bits per heavy atom. The second-order valence-corrected chi connectivity index (χ2v) is 6.65. The number of piperidine rings is 1. The molecule has 2 aliphatic heterocycles.